The highest BCUT2D eigenvalue weighted by Crippen LogP contribution is 2.21. The Morgan fingerprint density at radius 1 is 1.60 bits per heavy atom. The molecule has 2 heterocycles. The smallest absolute Gasteiger partial charge is 0.337 e. The third-order valence-electron chi connectivity index (χ3n) is 1.94. The van der Waals surface area contributed by atoms with Gasteiger partial charge in [0.25, 0.3) is 0 Å². The van der Waals surface area contributed by atoms with Gasteiger partial charge in [0.2, 0.25) is 0 Å². The zero-order valence-electron chi connectivity index (χ0n) is 7.33. The van der Waals surface area contributed by atoms with Gasteiger partial charge in [-0.3, -0.25) is 4.90 Å². The molecule has 1 atom stereocenters. The van der Waals surface area contributed by atoms with Gasteiger partial charge in [0.05, 0.1) is 6.21 Å². The van der Waals surface area contributed by atoms with Crippen molar-refractivity contribution in [3.63, 3.8) is 0 Å². The van der Waals surface area contributed by atoms with Crippen LogP contribution in [-0.4, -0.2) is 39.4 Å². The SMILES string of the molecule is O=C(O)C1=CN=C2C=NC(Br)=CN2[C@H]1O. The van der Waals surface area contributed by atoms with Crippen LogP contribution in [0.3, 0.4) is 0 Å². The third kappa shape index (κ3) is 1.71. The van der Waals surface area contributed by atoms with Crippen LogP contribution < -0.4 is 0 Å². The first kappa shape index (κ1) is 10.1. The van der Waals surface area contributed by atoms with Crippen LogP contribution in [0.25, 0.3) is 0 Å². The second-order valence-corrected chi connectivity index (χ2v) is 3.68. The minimum Gasteiger partial charge on any atom is -0.478 e. The number of nitrogens with zero attached hydrogens (tertiary/aromatic N) is 3. The molecule has 2 aliphatic heterocycles. The molecule has 0 aromatic carbocycles. The largest absolute Gasteiger partial charge is 0.478 e. The Labute approximate surface area is 93.1 Å². The summed E-state index contributed by atoms with van der Waals surface area (Å²) in [6, 6.07) is 0. The highest BCUT2D eigenvalue weighted by atomic mass is 79.9. The fourth-order valence-electron chi connectivity index (χ4n) is 1.21. The number of hydrogen-bond donors (Lipinski definition) is 2. The number of amidine groups is 1. The Bertz CT molecular complexity index is 438. The van der Waals surface area contributed by atoms with Crippen molar-refractivity contribution in [1.82, 2.24) is 4.90 Å². The lowest BCUT2D eigenvalue weighted by molar-refractivity contribution is -0.134. The van der Waals surface area contributed by atoms with E-state index in [9.17, 15) is 9.90 Å². The average molecular weight is 272 g/mol. The maximum atomic E-state index is 10.7. The molecule has 2 rings (SSSR count). The molecule has 0 fully saturated rings. The zero-order valence-corrected chi connectivity index (χ0v) is 8.92. The Kier molecular flexibility index (Phi) is 2.41. The summed E-state index contributed by atoms with van der Waals surface area (Å²) in [5.41, 5.74) is -0.175. The summed E-state index contributed by atoms with van der Waals surface area (Å²) in [6.07, 6.45) is 2.79. The van der Waals surface area contributed by atoms with Crippen molar-refractivity contribution in [2.24, 2.45) is 9.98 Å². The summed E-state index contributed by atoms with van der Waals surface area (Å²) < 4.78 is 0.493. The number of rotatable bonds is 1. The van der Waals surface area contributed by atoms with Gasteiger partial charge in [-0.1, -0.05) is 0 Å². The fraction of sp³-hybridized carbons (Fsp3) is 0.125. The van der Waals surface area contributed by atoms with E-state index in [0.717, 1.165) is 6.20 Å². The molecule has 7 heteroatoms. The Balaban J connectivity index is 2.40. The number of aliphatic hydroxyl groups is 1. The molecule has 0 bridgehead atoms. The Morgan fingerprint density at radius 3 is 3.00 bits per heavy atom. The van der Waals surface area contributed by atoms with E-state index >= 15 is 0 Å². The minimum atomic E-state index is -1.24. The highest BCUT2D eigenvalue weighted by molar-refractivity contribution is 9.11. The van der Waals surface area contributed by atoms with Crippen LogP contribution in [0.5, 0.6) is 0 Å². The normalized spacial score (nSPS) is 24.0. The topological polar surface area (TPSA) is 85.5 Å². The molecule has 0 aromatic heterocycles. The van der Waals surface area contributed by atoms with Crippen LogP contribution in [0.1, 0.15) is 0 Å². The van der Waals surface area contributed by atoms with Gasteiger partial charge in [-0.2, -0.15) is 0 Å². The summed E-state index contributed by atoms with van der Waals surface area (Å²) in [5, 5.41) is 18.5. The molecule has 0 unspecified atom stereocenters. The lowest BCUT2D eigenvalue weighted by Gasteiger charge is -2.30. The average Bonchev–Trinajstić information content (AvgIpc) is 2.19. The van der Waals surface area contributed by atoms with Gasteiger partial charge in [0.1, 0.15) is 10.2 Å². The Morgan fingerprint density at radius 2 is 2.33 bits per heavy atom. The van der Waals surface area contributed by atoms with Crippen LogP contribution in [-0.2, 0) is 4.79 Å². The number of aliphatic carboxylic acids is 1. The molecule has 0 saturated heterocycles. The number of aliphatic imine (C=N–C) groups is 2. The summed E-state index contributed by atoms with van der Waals surface area (Å²) in [7, 11) is 0. The van der Waals surface area contributed by atoms with Crippen LogP contribution in [0.4, 0.5) is 0 Å². The standard InChI is InChI=1S/C8H6BrN3O3/c9-5-3-12-6(2-10-5)11-1-4(7(12)13)8(14)15/h1-3,7,13H,(H,14,15)/t7-/m0/s1. The van der Waals surface area contributed by atoms with E-state index in [1.165, 1.54) is 17.3 Å². The monoisotopic (exact) mass is 271 g/mol. The van der Waals surface area contributed by atoms with E-state index in [2.05, 4.69) is 25.9 Å². The van der Waals surface area contributed by atoms with Crippen LogP contribution in [0.15, 0.2) is 32.6 Å². The molecule has 0 saturated carbocycles. The molecule has 78 valence electrons. The molecule has 0 aliphatic carbocycles. The maximum absolute atomic E-state index is 10.7. The van der Waals surface area contributed by atoms with Crippen molar-refractivity contribution in [2.75, 3.05) is 0 Å². The lowest BCUT2D eigenvalue weighted by atomic mass is 10.2. The molecule has 2 aliphatic rings. The van der Waals surface area contributed by atoms with Gasteiger partial charge < -0.3 is 10.2 Å². The third-order valence-corrected chi connectivity index (χ3v) is 2.35. The van der Waals surface area contributed by atoms with Gasteiger partial charge in [0, 0.05) is 12.4 Å². The van der Waals surface area contributed by atoms with Crippen LogP contribution >= 0.6 is 15.9 Å². The number of carboxylic acid groups (broad SMARTS) is 1. The second-order valence-electron chi connectivity index (χ2n) is 2.87. The molecule has 0 spiro atoms. The quantitative estimate of drug-likeness (QED) is 0.671. The molecule has 15 heavy (non-hydrogen) atoms. The van der Waals surface area contributed by atoms with E-state index < -0.39 is 12.2 Å². The molecule has 6 nitrogen and oxygen atoms in total. The molecular formula is C8H6BrN3O3. The van der Waals surface area contributed by atoms with Crippen LogP contribution in [0, 0.1) is 0 Å². The number of aliphatic hydroxyl groups excluding tert-OH is 1. The van der Waals surface area contributed by atoms with Gasteiger partial charge in [-0.25, -0.2) is 14.8 Å². The van der Waals surface area contributed by atoms with Gasteiger partial charge in [-0.15, -0.1) is 0 Å². The van der Waals surface area contributed by atoms with Crippen molar-refractivity contribution in [1.29, 1.82) is 0 Å². The van der Waals surface area contributed by atoms with Crippen molar-refractivity contribution >= 4 is 33.9 Å². The van der Waals surface area contributed by atoms with E-state index in [0.29, 0.717) is 10.4 Å². The second kappa shape index (κ2) is 3.59. The highest BCUT2D eigenvalue weighted by Gasteiger charge is 2.30. The summed E-state index contributed by atoms with van der Waals surface area (Å²) in [4.78, 5) is 19.8. The van der Waals surface area contributed by atoms with E-state index in [-0.39, 0.29) is 5.57 Å². The number of carbonyl (C=O) groups is 1. The van der Waals surface area contributed by atoms with Gasteiger partial charge in [0.15, 0.2) is 12.1 Å². The number of fused-ring (bicyclic) bond motifs is 1. The maximum Gasteiger partial charge on any atom is 0.337 e. The van der Waals surface area contributed by atoms with Crippen molar-refractivity contribution in [2.45, 2.75) is 6.23 Å². The first-order valence-corrected chi connectivity index (χ1v) is 4.78. The zero-order chi connectivity index (χ0) is 11.0. The molecule has 0 radical (unpaired) electrons. The number of carboxylic acids is 1. The summed E-state index contributed by atoms with van der Waals surface area (Å²) in [5.74, 6) is -0.798. The Hall–Kier alpha value is -1.47. The summed E-state index contributed by atoms with van der Waals surface area (Å²) >= 11 is 3.12. The summed E-state index contributed by atoms with van der Waals surface area (Å²) in [6.45, 7) is 0. The predicted octanol–water partition coefficient (Wildman–Crippen LogP) is 0.266. The molecule has 0 amide bonds. The molecular weight excluding hydrogens is 266 g/mol. The van der Waals surface area contributed by atoms with Gasteiger partial charge in [-0.05, 0) is 15.9 Å². The van der Waals surface area contributed by atoms with E-state index in [1.54, 1.807) is 0 Å². The lowest BCUT2D eigenvalue weighted by Crippen LogP contribution is -2.43. The fourth-order valence-corrected chi connectivity index (χ4v) is 1.54. The number of halogens is 1. The van der Waals surface area contributed by atoms with E-state index in [1.807, 2.05) is 0 Å². The predicted molar refractivity (Wildman–Crippen MR) is 56.5 cm³/mol. The minimum absolute atomic E-state index is 0.175. The van der Waals surface area contributed by atoms with Gasteiger partial charge >= 0.3 is 5.97 Å². The molecule has 2 N–H and O–H groups in total. The number of hydrogen-bond acceptors (Lipinski definition) is 5. The first-order valence-electron chi connectivity index (χ1n) is 3.98. The van der Waals surface area contributed by atoms with Crippen LogP contribution in [0.2, 0.25) is 0 Å². The molecule has 0 aromatic rings. The van der Waals surface area contributed by atoms with Crippen molar-refractivity contribution in [3.05, 3.63) is 22.6 Å². The van der Waals surface area contributed by atoms with Crippen molar-refractivity contribution in [3.8, 4) is 0 Å². The first-order chi connectivity index (χ1) is 7.09. The van der Waals surface area contributed by atoms with E-state index in [4.69, 9.17) is 5.11 Å². The van der Waals surface area contributed by atoms with Crippen molar-refractivity contribution < 1.29 is 15.0 Å².